The molecule has 0 aliphatic carbocycles. The summed E-state index contributed by atoms with van der Waals surface area (Å²) in [5.41, 5.74) is 1.31. The normalized spacial score (nSPS) is 17.6. The second-order valence-corrected chi connectivity index (χ2v) is 6.46. The molecule has 2 heterocycles. The zero-order valence-corrected chi connectivity index (χ0v) is 12.3. The second kappa shape index (κ2) is 5.46. The van der Waals surface area contributed by atoms with Crippen LogP contribution in [0.2, 0.25) is 0 Å². The summed E-state index contributed by atoms with van der Waals surface area (Å²) in [6.45, 7) is 2.62. The number of hydrogen-bond acceptors (Lipinski definition) is 4. The molecule has 1 aliphatic heterocycles. The predicted molar refractivity (Wildman–Crippen MR) is 79.2 cm³/mol. The molecule has 0 bridgehead atoms. The van der Waals surface area contributed by atoms with E-state index in [9.17, 15) is 4.79 Å². The van der Waals surface area contributed by atoms with Crippen LogP contribution in [0.3, 0.4) is 0 Å². The minimum absolute atomic E-state index is 0.119. The second-order valence-electron chi connectivity index (χ2n) is 4.41. The number of hydrogen-bond donors (Lipinski definition) is 1. The minimum atomic E-state index is -0.119. The van der Waals surface area contributed by atoms with Gasteiger partial charge in [-0.1, -0.05) is 30.0 Å². The van der Waals surface area contributed by atoms with Crippen LogP contribution in [0.1, 0.15) is 18.4 Å². The van der Waals surface area contributed by atoms with Crippen LogP contribution in [0.4, 0.5) is 0 Å². The molecule has 1 aliphatic rings. The van der Waals surface area contributed by atoms with Gasteiger partial charge in [0, 0.05) is 28.9 Å². The molecule has 0 amide bonds. The van der Waals surface area contributed by atoms with Gasteiger partial charge in [-0.3, -0.25) is 4.57 Å². The fourth-order valence-electron chi connectivity index (χ4n) is 2.23. The number of fused-ring (bicyclic) bond motifs is 1. The van der Waals surface area contributed by atoms with E-state index in [1.165, 1.54) is 10.5 Å². The Kier molecular flexibility index (Phi) is 3.70. The van der Waals surface area contributed by atoms with E-state index in [0.29, 0.717) is 12.5 Å². The Morgan fingerprint density at radius 1 is 1.53 bits per heavy atom. The van der Waals surface area contributed by atoms with Crippen LogP contribution >= 0.6 is 23.5 Å². The van der Waals surface area contributed by atoms with Crippen LogP contribution < -0.4 is 5.69 Å². The predicted octanol–water partition coefficient (Wildman–Crippen LogP) is 2.57. The monoisotopic (exact) mass is 293 g/mol. The molecule has 0 spiro atoms. The van der Waals surface area contributed by atoms with E-state index in [2.05, 4.69) is 34.5 Å². The number of nitrogens with zero attached hydrogens (tertiary/aromatic N) is 2. The molecule has 1 aromatic heterocycles. The summed E-state index contributed by atoms with van der Waals surface area (Å²) in [5.74, 6) is 2.63. The van der Waals surface area contributed by atoms with Gasteiger partial charge < -0.3 is 0 Å². The number of nitrogens with one attached hydrogen (secondary N) is 1. The summed E-state index contributed by atoms with van der Waals surface area (Å²) in [6, 6.07) is 8.57. The lowest BCUT2D eigenvalue weighted by Gasteiger charge is -2.09. The zero-order valence-electron chi connectivity index (χ0n) is 10.6. The first kappa shape index (κ1) is 12.9. The highest BCUT2D eigenvalue weighted by Gasteiger charge is 2.23. The van der Waals surface area contributed by atoms with Crippen molar-refractivity contribution in [1.29, 1.82) is 0 Å². The van der Waals surface area contributed by atoms with Crippen molar-refractivity contribution >= 4 is 23.5 Å². The van der Waals surface area contributed by atoms with Crippen molar-refractivity contribution in [3.05, 3.63) is 40.3 Å². The molecule has 2 aromatic rings. The van der Waals surface area contributed by atoms with Crippen LogP contribution in [0.25, 0.3) is 0 Å². The highest BCUT2D eigenvalue weighted by Crippen LogP contribution is 2.41. The van der Waals surface area contributed by atoms with Crippen molar-refractivity contribution in [3.8, 4) is 0 Å². The van der Waals surface area contributed by atoms with E-state index < -0.39 is 0 Å². The maximum atomic E-state index is 11.5. The summed E-state index contributed by atoms with van der Waals surface area (Å²) in [7, 11) is 0. The van der Waals surface area contributed by atoms with Crippen molar-refractivity contribution in [2.24, 2.45) is 0 Å². The molecule has 0 radical (unpaired) electrons. The van der Waals surface area contributed by atoms with Crippen LogP contribution in [-0.2, 0) is 6.54 Å². The number of H-pyrrole nitrogens is 1. The fraction of sp³-hybridized carbons (Fsp3) is 0.385. The first-order chi connectivity index (χ1) is 9.29. The number of rotatable bonds is 4. The summed E-state index contributed by atoms with van der Waals surface area (Å²) in [4.78, 5) is 12.9. The Bertz CT molecular complexity index is 635. The third-order valence-corrected chi connectivity index (χ3v) is 5.64. The summed E-state index contributed by atoms with van der Waals surface area (Å²) < 4.78 is 1.68. The van der Waals surface area contributed by atoms with Gasteiger partial charge in [0.1, 0.15) is 0 Å². The molecule has 1 N–H and O–H groups in total. The van der Waals surface area contributed by atoms with Crippen molar-refractivity contribution < 1.29 is 0 Å². The zero-order chi connectivity index (χ0) is 13.2. The van der Waals surface area contributed by atoms with E-state index >= 15 is 0 Å². The lowest BCUT2D eigenvalue weighted by molar-refractivity contribution is 0.659. The summed E-state index contributed by atoms with van der Waals surface area (Å²) >= 11 is 3.58. The minimum Gasteiger partial charge on any atom is -0.270 e. The van der Waals surface area contributed by atoms with Crippen LogP contribution in [0.5, 0.6) is 0 Å². The van der Waals surface area contributed by atoms with Crippen molar-refractivity contribution in [2.45, 2.75) is 29.4 Å². The third-order valence-electron chi connectivity index (χ3n) is 3.25. The molecule has 3 rings (SSSR count). The average Bonchev–Trinajstić information content (AvgIpc) is 3.00. The number of aromatic amines is 1. The Morgan fingerprint density at radius 2 is 2.37 bits per heavy atom. The van der Waals surface area contributed by atoms with Gasteiger partial charge in [-0.05, 0) is 18.6 Å². The van der Waals surface area contributed by atoms with E-state index in [1.54, 1.807) is 16.3 Å². The van der Waals surface area contributed by atoms with Gasteiger partial charge in [-0.2, -0.15) is 0 Å². The summed E-state index contributed by atoms with van der Waals surface area (Å²) in [6.07, 6.45) is 0. The molecule has 0 saturated carbocycles. The van der Waals surface area contributed by atoms with E-state index in [-0.39, 0.29) is 5.69 Å². The van der Waals surface area contributed by atoms with Gasteiger partial charge in [-0.15, -0.1) is 16.9 Å². The molecule has 1 unspecified atom stereocenters. The third kappa shape index (κ3) is 2.47. The van der Waals surface area contributed by atoms with E-state index in [1.807, 2.05) is 18.7 Å². The SMILES string of the molecule is CCn1c(SCC2CSc3ccccc32)n[nH]c1=O. The first-order valence-corrected chi connectivity index (χ1v) is 8.26. The standard InChI is InChI=1S/C13H15N3OS2/c1-2-16-12(17)14-15-13(16)19-8-9-7-18-11-6-4-3-5-10(9)11/h3-6,9H,2,7-8H2,1H3,(H,14,17). The average molecular weight is 293 g/mol. The highest BCUT2D eigenvalue weighted by molar-refractivity contribution is 8.00. The van der Waals surface area contributed by atoms with Gasteiger partial charge in [-0.25, -0.2) is 9.89 Å². The van der Waals surface area contributed by atoms with Crippen molar-refractivity contribution in [3.63, 3.8) is 0 Å². The molecule has 1 aromatic carbocycles. The van der Waals surface area contributed by atoms with Gasteiger partial charge in [0.25, 0.3) is 0 Å². The Labute approximate surface area is 120 Å². The number of aromatic nitrogens is 3. The molecular weight excluding hydrogens is 278 g/mol. The fourth-order valence-corrected chi connectivity index (χ4v) is 4.76. The molecule has 4 nitrogen and oxygen atoms in total. The van der Waals surface area contributed by atoms with Crippen molar-refractivity contribution in [2.75, 3.05) is 11.5 Å². The van der Waals surface area contributed by atoms with E-state index in [0.717, 1.165) is 16.7 Å². The molecular formula is C13H15N3OS2. The maximum Gasteiger partial charge on any atom is 0.343 e. The smallest absolute Gasteiger partial charge is 0.270 e. The Balaban J connectivity index is 1.72. The largest absolute Gasteiger partial charge is 0.343 e. The van der Waals surface area contributed by atoms with Gasteiger partial charge in [0.2, 0.25) is 0 Å². The van der Waals surface area contributed by atoms with Gasteiger partial charge >= 0.3 is 5.69 Å². The molecule has 19 heavy (non-hydrogen) atoms. The van der Waals surface area contributed by atoms with Crippen LogP contribution in [-0.4, -0.2) is 26.3 Å². The van der Waals surface area contributed by atoms with Crippen LogP contribution in [0, 0.1) is 0 Å². The molecule has 1 atom stereocenters. The molecule has 0 fully saturated rings. The topological polar surface area (TPSA) is 50.7 Å². The van der Waals surface area contributed by atoms with Gasteiger partial charge in [0.05, 0.1) is 0 Å². The summed E-state index contributed by atoms with van der Waals surface area (Å²) in [5, 5.41) is 7.39. The van der Waals surface area contributed by atoms with Crippen LogP contribution in [0.15, 0.2) is 39.1 Å². The van der Waals surface area contributed by atoms with Crippen molar-refractivity contribution in [1.82, 2.24) is 14.8 Å². The number of thioether (sulfide) groups is 2. The quantitative estimate of drug-likeness (QED) is 0.880. The number of benzene rings is 1. The molecule has 0 saturated heterocycles. The Hall–Kier alpha value is -1.14. The first-order valence-electron chi connectivity index (χ1n) is 6.29. The van der Waals surface area contributed by atoms with Gasteiger partial charge in [0.15, 0.2) is 5.16 Å². The lowest BCUT2D eigenvalue weighted by Crippen LogP contribution is -2.16. The Morgan fingerprint density at radius 3 is 3.21 bits per heavy atom. The molecule has 6 heteroatoms. The maximum absolute atomic E-state index is 11.5. The molecule has 100 valence electrons. The lowest BCUT2D eigenvalue weighted by atomic mass is 10.0. The van der Waals surface area contributed by atoms with E-state index in [4.69, 9.17) is 0 Å². The highest BCUT2D eigenvalue weighted by atomic mass is 32.2.